The number of anilines is 1. The molecule has 2 aromatic carbocycles. The van der Waals surface area contributed by atoms with Crippen molar-refractivity contribution in [1.82, 2.24) is 0 Å². The molecule has 0 saturated heterocycles. The minimum Gasteiger partial charge on any atom is -0.393 e. The van der Waals surface area contributed by atoms with Gasteiger partial charge in [-0.15, -0.1) is 0 Å². The average molecular weight is 271 g/mol. The Morgan fingerprint density at radius 2 is 1.85 bits per heavy atom. The molecule has 0 aromatic heterocycles. The first-order valence-corrected chi connectivity index (χ1v) is 6.48. The van der Waals surface area contributed by atoms with Crippen LogP contribution in [0.4, 0.5) is 10.5 Å². The van der Waals surface area contributed by atoms with Gasteiger partial charge in [0.1, 0.15) is 5.75 Å². The maximum absolute atomic E-state index is 11.8. The molecule has 0 bridgehead atoms. The molecule has 0 radical (unpaired) electrons. The summed E-state index contributed by atoms with van der Waals surface area (Å²) in [7, 11) is 0. The lowest BCUT2D eigenvalue weighted by Gasteiger charge is -2.21. The highest BCUT2D eigenvalue weighted by Gasteiger charge is 2.13. The van der Waals surface area contributed by atoms with Crippen LogP contribution in [-0.2, 0) is 4.84 Å². The lowest BCUT2D eigenvalue weighted by Crippen LogP contribution is -2.28. The summed E-state index contributed by atoms with van der Waals surface area (Å²) in [6, 6.07) is 16.6. The van der Waals surface area contributed by atoms with Gasteiger partial charge in [0.2, 0.25) is 0 Å². The maximum Gasteiger partial charge on any atom is 0.539 e. The molecule has 0 aliphatic heterocycles. The number of nitrogens with zero attached hydrogens (tertiary/aromatic N) is 1. The second kappa shape index (κ2) is 6.61. The Morgan fingerprint density at radius 3 is 2.50 bits per heavy atom. The third-order valence-electron chi connectivity index (χ3n) is 2.71. The highest BCUT2D eigenvalue weighted by molar-refractivity contribution is 5.65. The highest BCUT2D eigenvalue weighted by atomic mass is 16.8. The molecule has 0 aliphatic rings. The molecule has 0 unspecified atom stereocenters. The van der Waals surface area contributed by atoms with E-state index in [1.165, 1.54) is 5.06 Å². The van der Waals surface area contributed by atoms with Crippen molar-refractivity contribution in [2.45, 2.75) is 13.8 Å². The zero-order valence-electron chi connectivity index (χ0n) is 11.6. The lowest BCUT2D eigenvalue weighted by atomic mass is 10.2. The number of ether oxygens (including phenoxy) is 1. The van der Waals surface area contributed by atoms with E-state index in [0.717, 1.165) is 11.3 Å². The van der Waals surface area contributed by atoms with E-state index < -0.39 is 6.16 Å². The number of carbonyl (C=O) groups is 1. The Bertz CT molecular complexity index is 569. The SMILES string of the molecule is CCN(OC(=O)Oc1ccccc1)c1cccc(C)c1. The molecule has 0 aliphatic carbocycles. The molecule has 0 saturated carbocycles. The Morgan fingerprint density at radius 1 is 1.10 bits per heavy atom. The highest BCUT2D eigenvalue weighted by Crippen LogP contribution is 2.17. The van der Waals surface area contributed by atoms with Crippen molar-refractivity contribution in [2.75, 3.05) is 11.6 Å². The molecule has 4 nitrogen and oxygen atoms in total. The minimum absolute atomic E-state index is 0.456. The Hall–Kier alpha value is -2.49. The molecule has 20 heavy (non-hydrogen) atoms. The molecule has 2 rings (SSSR count). The van der Waals surface area contributed by atoms with Crippen LogP contribution in [0.15, 0.2) is 54.6 Å². The summed E-state index contributed by atoms with van der Waals surface area (Å²) in [5.74, 6) is 0.456. The Balaban J connectivity index is 2.01. The number of rotatable bonds is 4. The summed E-state index contributed by atoms with van der Waals surface area (Å²) >= 11 is 0. The molecule has 0 spiro atoms. The topological polar surface area (TPSA) is 38.8 Å². The molecule has 0 heterocycles. The van der Waals surface area contributed by atoms with E-state index in [1.54, 1.807) is 24.3 Å². The van der Waals surface area contributed by atoms with Crippen LogP contribution < -0.4 is 9.80 Å². The van der Waals surface area contributed by atoms with Crippen molar-refractivity contribution in [1.29, 1.82) is 0 Å². The fourth-order valence-electron chi connectivity index (χ4n) is 1.78. The first kappa shape index (κ1) is 13.9. The normalized spacial score (nSPS) is 9.90. The summed E-state index contributed by atoms with van der Waals surface area (Å²) in [6.07, 6.45) is -0.750. The fourth-order valence-corrected chi connectivity index (χ4v) is 1.78. The summed E-state index contributed by atoms with van der Waals surface area (Å²) in [4.78, 5) is 17.0. The Kier molecular flexibility index (Phi) is 4.60. The molecule has 0 atom stereocenters. The monoisotopic (exact) mass is 271 g/mol. The van der Waals surface area contributed by atoms with E-state index in [9.17, 15) is 4.79 Å². The van der Waals surface area contributed by atoms with Gasteiger partial charge in [0.05, 0.1) is 12.2 Å². The minimum atomic E-state index is -0.750. The summed E-state index contributed by atoms with van der Waals surface area (Å²) < 4.78 is 5.10. The summed E-state index contributed by atoms with van der Waals surface area (Å²) in [5.41, 5.74) is 1.92. The molecule has 0 fully saturated rings. The number of aryl methyl sites for hydroxylation is 1. The van der Waals surface area contributed by atoms with Crippen LogP contribution in [0, 0.1) is 6.92 Å². The van der Waals surface area contributed by atoms with Crippen molar-refractivity contribution in [3.05, 3.63) is 60.2 Å². The van der Waals surface area contributed by atoms with Crippen LogP contribution in [0.25, 0.3) is 0 Å². The van der Waals surface area contributed by atoms with Crippen molar-refractivity contribution < 1.29 is 14.4 Å². The van der Waals surface area contributed by atoms with E-state index in [1.807, 2.05) is 44.2 Å². The van der Waals surface area contributed by atoms with Crippen LogP contribution in [0.3, 0.4) is 0 Å². The van der Waals surface area contributed by atoms with Crippen molar-refractivity contribution in [3.63, 3.8) is 0 Å². The first-order chi connectivity index (χ1) is 9.69. The van der Waals surface area contributed by atoms with E-state index in [4.69, 9.17) is 9.57 Å². The molecular weight excluding hydrogens is 254 g/mol. The molecular formula is C16H17NO3. The number of benzene rings is 2. The van der Waals surface area contributed by atoms with Gasteiger partial charge in [0.25, 0.3) is 0 Å². The van der Waals surface area contributed by atoms with Gasteiger partial charge in [-0.25, -0.2) is 9.86 Å². The van der Waals surface area contributed by atoms with Gasteiger partial charge in [0.15, 0.2) is 0 Å². The summed E-state index contributed by atoms with van der Waals surface area (Å²) in [6.45, 7) is 4.42. The largest absolute Gasteiger partial charge is 0.539 e. The van der Waals surface area contributed by atoms with Gasteiger partial charge >= 0.3 is 6.16 Å². The molecule has 4 heteroatoms. The number of para-hydroxylation sites is 1. The van der Waals surface area contributed by atoms with E-state index >= 15 is 0 Å². The predicted molar refractivity (Wildman–Crippen MR) is 77.8 cm³/mol. The molecule has 0 amide bonds. The quantitative estimate of drug-likeness (QED) is 0.479. The first-order valence-electron chi connectivity index (χ1n) is 6.48. The molecule has 104 valence electrons. The van der Waals surface area contributed by atoms with Gasteiger partial charge in [-0.2, -0.15) is 0 Å². The van der Waals surface area contributed by atoms with Crippen molar-refractivity contribution in [3.8, 4) is 5.75 Å². The fraction of sp³-hybridized carbons (Fsp3) is 0.188. The van der Waals surface area contributed by atoms with Crippen LogP contribution >= 0.6 is 0 Å². The van der Waals surface area contributed by atoms with Crippen LogP contribution in [-0.4, -0.2) is 12.7 Å². The zero-order chi connectivity index (χ0) is 14.4. The van der Waals surface area contributed by atoms with Crippen molar-refractivity contribution >= 4 is 11.8 Å². The smallest absolute Gasteiger partial charge is 0.393 e. The number of hydroxylamine groups is 1. The second-order valence-electron chi connectivity index (χ2n) is 4.29. The third kappa shape index (κ3) is 3.75. The van der Waals surface area contributed by atoms with Crippen molar-refractivity contribution in [2.24, 2.45) is 0 Å². The summed E-state index contributed by atoms with van der Waals surface area (Å²) in [5, 5.41) is 1.50. The van der Waals surface area contributed by atoms with Gasteiger partial charge in [-0.1, -0.05) is 30.3 Å². The lowest BCUT2D eigenvalue weighted by molar-refractivity contribution is 0.0886. The van der Waals surface area contributed by atoms with E-state index in [-0.39, 0.29) is 0 Å². The number of carbonyl (C=O) groups excluding carboxylic acids is 1. The second-order valence-corrected chi connectivity index (χ2v) is 4.29. The molecule has 0 N–H and O–H groups in total. The van der Waals surface area contributed by atoms with Gasteiger partial charge in [-0.3, -0.25) is 0 Å². The molecule has 2 aromatic rings. The van der Waals surface area contributed by atoms with Gasteiger partial charge in [-0.05, 0) is 43.7 Å². The average Bonchev–Trinajstić information content (AvgIpc) is 2.46. The number of hydrogen-bond acceptors (Lipinski definition) is 4. The van der Waals surface area contributed by atoms with Crippen LogP contribution in [0.2, 0.25) is 0 Å². The van der Waals surface area contributed by atoms with E-state index in [0.29, 0.717) is 12.3 Å². The van der Waals surface area contributed by atoms with E-state index in [2.05, 4.69) is 0 Å². The zero-order valence-corrected chi connectivity index (χ0v) is 11.6. The van der Waals surface area contributed by atoms with Crippen LogP contribution in [0.5, 0.6) is 5.75 Å². The number of hydrogen-bond donors (Lipinski definition) is 0. The van der Waals surface area contributed by atoms with Gasteiger partial charge < -0.3 is 9.57 Å². The Labute approximate surface area is 118 Å². The maximum atomic E-state index is 11.8. The predicted octanol–water partition coefficient (Wildman–Crippen LogP) is 3.95. The van der Waals surface area contributed by atoms with Gasteiger partial charge in [0, 0.05) is 0 Å². The van der Waals surface area contributed by atoms with Crippen LogP contribution in [0.1, 0.15) is 12.5 Å². The standard InChI is InChI=1S/C16H17NO3/c1-3-17(14-9-7-8-13(2)12-14)20-16(18)19-15-10-5-4-6-11-15/h4-12H,3H2,1-2H3. The third-order valence-corrected chi connectivity index (χ3v) is 2.71.